The maximum atomic E-state index is 11.9. The van der Waals surface area contributed by atoms with E-state index in [-0.39, 0.29) is 12.1 Å². The number of nitrogens with zero attached hydrogens (tertiary/aromatic N) is 1. The first-order valence-electron chi connectivity index (χ1n) is 5.87. The Kier molecular flexibility index (Phi) is 6.77. The van der Waals surface area contributed by atoms with Gasteiger partial charge < -0.3 is 15.4 Å². The van der Waals surface area contributed by atoms with E-state index in [2.05, 4.69) is 15.4 Å². The van der Waals surface area contributed by atoms with Crippen molar-refractivity contribution < 1.29 is 14.3 Å². The number of rotatable bonds is 3. The maximum absolute atomic E-state index is 11.9. The fourth-order valence-corrected chi connectivity index (χ4v) is 1.06. The summed E-state index contributed by atoms with van der Waals surface area (Å²) in [7, 11) is 1.23. The van der Waals surface area contributed by atoms with Crippen molar-refractivity contribution >= 4 is 18.1 Å². The van der Waals surface area contributed by atoms with E-state index in [9.17, 15) is 9.59 Å². The predicted molar refractivity (Wildman–Crippen MR) is 68.5 cm³/mol. The second-order valence-corrected chi connectivity index (χ2v) is 4.21. The summed E-state index contributed by atoms with van der Waals surface area (Å²) in [4.78, 5) is 24.3. The lowest BCUT2D eigenvalue weighted by Gasteiger charge is -2.23. The molecule has 1 atom stereocenters. The lowest BCUT2D eigenvalue weighted by molar-refractivity contribution is 0.191. The highest BCUT2D eigenvalue weighted by molar-refractivity contribution is 6.08. The van der Waals surface area contributed by atoms with Crippen LogP contribution in [0.3, 0.4) is 0 Å². The van der Waals surface area contributed by atoms with Gasteiger partial charge in [0.1, 0.15) is 0 Å². The molecule has 0 heterocycles. The van der Waals surface area contributed by atoms with E-state index >= 15 is 0 Å². The molecule has 0 aliphatic carbocycles. The van der Waals surface area contributed by atoms with Crippen LogP contribution in [-0.4, -0.2) is 42.2 Å². The van der Waals surface area contributed by atoms with E-state index in [4.69, 9.17) is 5.41 Å². The van der Waals surface area contributed by atoms with Crippen LogP contribution in [0.25, 0.3) is 0 Å². The first kappa shape index (κ1) is 16.2. The van der Waals surface area contributed by atoms with Gasteiger partial charge in [0.05, 0.1) is 7.11 Å². The number of ether oxygens (including phenoxy) is 1. The number of nitrogens with one attached hydrogen (secondary N) is 3. The summed E-state index contributed by atoms with van der Waals surface area (Å²) in [6.45, 7) is 7.25. The van der Waals surface area contributed by atoms with Crippen molar-refractivity contribution in [2.24, 2.45) is 0 Å². The molecule has 0 bridgehead atoms. The van der Waals surface area contributed by atoms with Crippen molar-refractivity contribution in [3.05, 3.63) is 0 Å². The van der Waals surface area contributed by atoms with Crippen molar-refractivity contribution in [2.45, 2.75) is 46.2 Å². The number of carbonyl (C=O) groups is 2. The Hall–Kier alpha value is -1.79. The predicted octanol–water partition coefficient (Wildman–Crippen LogP) is 1.50. The molecule has 7 nitrogen and oxygen atoms in total. The number of methoxy groups -OCH3 is 1. The maximum Gasteiger partial charge on any atom is 0.334 e. The molecule has 104 valence electrons. The van der Waals surface area contributed by atoms with Crippen LogP contribution in [0.2, 0.25) is 0 Å². The molecule has 0 saturated carbocycles. The SMILES string of the molecule is CCC(C)NC(=O)N(C(=N)OC)C(=O)NC(C)C. The highest BCUT2D eigenvalue weighted by Crippen LogP contribution is 1.98. The average Bonchev–Trinajstić information content (AvgIpc) is 2.27. The molecule has 0 aromatic heterocycles. The van der Waals surface area contributed by atoms with Crippen LogP contribution in [-0.2, 0) is 4.74 Å². The fourth-order valence-electron chi connectivity index (χ4n) is 1.06. The van der Waals surface area contributed by atoms with Crippen LogP contribution in [0.1, 0.15) is 34.1 Å². The number of hydrogen-bond donors (Lipinski definition) is 3. The number of amidine groups is 1. The van der Waals surface area contributed by atoms with Gasteiger partial charge in [-0.1, -0.05) is 6.92 Å². The minimum Gasteiger partial charge on any atom is -0.468 e. The van der Waals surface area contributed by atoms with Crippen molar-refractivity contribution in [3.63, 3.8) is 0 Å². The first-order valence-corrected chi connectivity index (χ1v) is 5.87. The van der Waals surface area contributed by atoms with Gasteiger partial charge in [-0.2, -0.15) is 4.90 Å². The van der Waals surface area contributed by atoms with Gasteiger partial charge in [-0.25, -0.2) is 9.59 Å². The number of urea groups is 2. The van der Waals surface area contributed by atoms with E-state index in [0.717, 1.165) is 6.42 Å². The molecule has 4 amide bonds. The van der Waals surface area contributed by atoms with Crippen LogP contribution >= 0.6 is 0 Å². The van der Waals surface area contributed by atoms with Crippen molar-refractivity contribution in [3.8, 4) is 0 Å². The Morgan fingerprint density at radius 1 is 1.22 bits per heavy atom. The third-order valence-electron chi connectivity index (χ3n) is 2.20. The quantitative estimate of drug-likeness (QED) is 0.529. The van der Waals surface area contributed by atoms with Crippen LogP contribution in [0, 0.1) is 5.41 Å². The molecule has 0 aliphatic rings. The van der Waals surface area contributed by atoms with Crippen molar-refractivity contribution in [1.29, 1.82) is 5.41 Å². The van der Waals surface area contributed by atoms with Crippen molar-refractivity contribution in [2.75, 3.05) is 7.11 Å². The molecule has 0 rings (SSSR count). The summed E-state index contributed by atoms with van der Waals surface area (Å²) < 4.78 is 4.64. The zero-order chi connectivity index (χ0) is 14.3. The van der Waals surface area contributed by atoms with Crippen LogP contribution in [0.5, 0.6) is 0 Å². The second kappa shape index (κ2) is 7.52. The van der Waals surface area contributed by atoms with Gasteiger partial charge in [-0.15, -0.1) is 0 Å². The van der Waals surface area contributed by atoms with Crippen LogP contribution in [0.4, 0.5) is 9.59 Å². The smallest absolute Gasteiger partial charge is 0.334 e. The number of amides is 4. The number of carbonyl (C=O) groups excluding carboxylic acids is 2. The third-order valence-corrected chi connectivity index (χ3v) is 2.20. The van der Waals surface area contributed by atoms with Gasteiger partial charge in [0, 0.05) is 12.1 Å². The number of hydrogen-bond acceptors (Lipinski definition) is 4. The molecule has 0 aliphatic heterocycles. The Labute approximate surface area is 107 Å². The highest BCUT2D eigenvalue weighted by Gasteiger charge is 2.28. The van der Waals surface area contributed by atoms with Gasteiger partial charge in [0.25, 0.3) is 0 Å². The van der Waals surface area contributed by atoms with Gasteiger partial charge in [-0.3, -0.25) is 5.41 Å². The van der Waals surface area contributed by atoms with Crippen molar-refractivity contribution in [1.82, 2.24) is 15.5 Å². The highest BCUT2D eigenvalue weighted by atomic mass is 16.5. The van der Waals surface area contributed by atoms with E-state index in [0.29, 0.717) is 4.90 Å². The van der Waals surface area contributed by atoms with E-state index in [1.807, 2.05) is 13.8 Å². The summed E-state index contributed by atoms with van der Waals surface area (Å²) in [6.07, 6.45) is 0.728. The molecule has 0 aromatic carbocycles. The monoisotopic (exact) mass is 258 g/mol. The third kappa shape index (κ3) is 5.03. The second-order valence-electron chi connectivity index (χ2n) is 4.21. The Balaban J connectivity index is 4.83. The fraction of sp³-hybridized carbons (Fsp3) is 0.727. The van der Waals surface area contributed by atoms with Gasteiger partial charge in [-0.05, 0) is 27.2 Å². The van der Waals surface area contributed by atoms with Gasteiger partial charge >= 0.3 is 18.1 Å². The zero-order valence-corrected chi connectivity index (χ0v) is 11.5. The van der Waals surface area contributed by atoms with E-state index in [1.165, 1.54) is 7.11 Å². The van der Waals surface area contributed by atoms with E-state index < -0.39 is 18.1 Å². The average molecular weight is 258 g/mol. The largest absolute Gasteiger partial charge is 0.468 e. The number of imide groups is 1. The standard InChI is InChI=1S/C11H22N4O3/c1-6-8(4)14-11(17)15(9(12)18-5)10(16)13-7(2)3/h7-8,12H,6H2,1-5H3,(H,13,16)(H,14,17). The molecule has 0 fully saturated rings. The molecular formula is C11H22N4O3. The normalized spacial score (nSPS) is 11.7. The molecule has 0 saturated heterocycles. The summed E-state index contributed by atoms with van der Waals surface area (Å²) in [5, 5.41) is 12.6. The lowest BCUT2D eigenvalue weighted by Crippen LogP contribution is -2.54. The summed E-state index contributed by atoms with van der Waals surface area (Å²) in [6, 6.07) is -2.10. The molecule has 1 unspecified atom stereocenters. The van der Waals surface area contributed by atoms with Gasteiger partial charge in [0.2, 0.25) is 0 Å². The Bertz CT molecular complexity index is 317. The van der Waals surface area contributed by atoms with Crippen LogP contribution in [0.15, 0.2) is 0 Å². The summed E-state index contributed by atoms with van der Waals surface area (Å²) in [5.41, 5.74) is 0. The topological polar surface area (TPSA) is 94.5 Å². The molecule has 3 N–H and O–H groups in total. The molecule has 18 heavy (non-hydrogen) atoms. The minimum atomic E-state index is -0.683. The molecule has 0 aromatic rings. The molecule has 0 radical (unpaired) electrons. The first-order chi connectivity index (χ1) is 8.33. The molecule has 0 spiro atoms. The lowest BCUT2D eigenvalue weighted by atomic mass is 10.3. The summed E-state index contributed by atoms with van der Waals surface area (Å²) >= 11 is 0. The Morgan fingerprint density at radius 2 is 1.72 bits per heavy atom. The minimum absolute atomic E-state index is 0.0866. The summed E-state index contributed by atoms with van der Waals surface area (Å²) in [5.74, 6) is 0. The Morgan fingerprint density at radius 3 is 2.11 bits per heavy atom. The van der Waals surface area contributed by atoms with Gasteiger partial charge in [0.15, 0.2) is 0 Å². The van der Waals surface area contributed by atoms with E-state index in [1.54, 1.807) is 13.8 Å². The molecular weight excluding hydrogens is 236 g/mol. The zero-order valence-electron chi connectivity index (χ0n) is 11.5. The van der Waals surface area contributed by atoms with Crippen LogP contribution < -0.4 is 10.6 Å². The molecule has 7 heteroatoms.